The van der Waals surface area contributed by atoms with Gasteiger partial charge in [-0.05, 0) is 47.4 Å². The van der Waals surface area contributed by atoms with Gasteiger partial charge in [0.15, 0.2) is 5.69 Å². The van der Waals surface area contributed by atoms with Crippen LogP contribution in [0.5, 0.6) is 0 Å². The molecule has 0 spiro atoms. The number of nitrogens with zero attached hydrogens (tertiary/aromatic N) is 1. The second-order valence-corrected chi connectivity index (χ2v) is 7.04. The van der Waals surface area contributed by atoms with Crippen LogP contribution in [0, 0.1) is 5.82 Å². The Morgan fingerprint density at radius 1 is 1.13 bits per heavy atom. The van der Waals surface area contributed by atoms with E-state index in [1.807, 2.05) is 19.9 Å². The number of nitrogens with one attached hydrogen (secondary N) is 4. The fourth-order valence-electron chi connectivity index (χ4n) is 2.93. The number of rotatable bonds is 7. The third-order valence-electron chi connectivity index (χ3n) is 4.42. The Labute approximate surface area is 173 Å². The number of benzene rings is 2. The summed E-state index contributed by atoms with van der Waals surface area (Å²) in [5.74, 6) is -0.926. The molecule has 3 rings (SSSR count). The van der Waals surface area contributed by atoms with Gasteiger partial charge < -0.3 is 21.7 Å². The van der Waals surface area contributed by atoms with Crippen LogP contribution < -0.4 is 21.7 Å². The van der Waals surface area contributed by atoms with Crippen molar-refractivity contribution in [1.29, 1.82) is 0 Å². The first kappa shape index (κ1) is 20.8. The number of aromatic nitrogens is 2. The number of anilines is 3. The molecule has 8 nitrogen and oxygen atoms in total. The number of amides is 3. The molecule has 6 N–H and O–H groups in total. The highest BCUT2D eigenvalue weighted by Gasteiger charge is 2.12. The second-order valence-electron chi connectivity index (χ2n) is 7.04. The lowest BCUT2D eigenvalue weighted by atomic mass is 10.0. The van der Waals surface area contributed by atoms with E-state index in [1.165, 1.54) is 12.1 Å². The molecule has 156 valence electrons. The first-order chi connectivity index (χ1) is 14.3. The lowest BCUT2D eigenvalue weighted by molar-refractivity contribution is 0.0996. The Kier molecular flexibility index (Phi) is 6.31. The summed E-state index contributed by atoms with van der Waals surface area (Å²) < 4.78 is 13.8. The Balaban J connectivity index is 1.62. The van der Waals surface area contributed by atoms with Crippen LogP contribution in [0.4, 0.5) is 26.2 Å². The molecule has 3 amide bonds. The van der Waals surface area contributed by atoms with Gasteiger partial charge in [0.2, 0.25) is 0 Å². The van der Waals surface area contributed by atoms with E-state index in [0.29, 0.717) is 29.2 Å². The maximum Gasteiger partial charge on any atom is 0.323 e. The van der Waals surface area contributed by atoms with Crippen molar-refractivity contribution in [3.8, 4) is 0 Å². The summed E-state index contributed by atoms with van der Waals surface area (Å²) in [5, 5.41) is 14.9. The molecule has 0 bridgehead atoms. The minimum absolute atomic E-state index is 0.00398. The number of nitrogens with two attached hydrogens (primary N) is 1. The van der Waals surface area contributed by atoms with Crippen molar-refractivity contribution in [2.75, 3.05) is 16.0 Å². The van der Waals surface area contributed by atoms with Crippen molar-refractivity contribution < 1.29 is 14.0 Å². The number of urea groups is 1. The molecular weight excluding hydrogens is 387 g/mol. The van der Waals surface area contributed by atoms with E-state index in [2.05, 4.69) is 26.1 Å². The zero-order valence-corrected chi connectivity index (χ0v) is 16.6. The van der Waals surface area contributed by atoms with E-state index in [0.717, 1.165) is 5.56 Å². The molecule has 30 heavy (non-hydrogen) atoms. The number of hydrogen-bond acceptors (Lipinski definition) is 4. The summed E-state index contributed by atoms with van der Waals surface area (Å²) in [6.07, 6.45) is 1.55. The van der Waals surface area contributed by atoms with Gasteiger partial charge >= 0.3 is 6.03 Å². The fraction of sp³-hybridized carbons (Fsp3) is 0.190. The fourth-order valence-corrected chi connectivity index (χ4v) is 2.93. The number of hydrogen-bond donors (Lipinski definition) is 5. The van der Waals surface area contributed by atoms with Gasteiger partial charge in [0.1, 0.15) is 5.82 Å². The molecule has 0 atom stereocenters. The maximum absolute atomic E-state index is 13.8. The maximum atomic E-state index is 13.8. The van der Waals surface area contributed by atoms with Gasteiger partial charge in [-0.1, -0.05) is 26.0 Å². The number of halogens is 1. The van der Waals surface area contributed by atoms with Crippen LogP contribution in [0.25, 0.3) is 0 Å². The van der Waals surface area contributed by atoms with Crippen LogP contribution in [0.15, 0.2) is 48.7 Å². The van der Waals surface area contributed by atoms with Crippen LogP contribution >= 0.6 is 0 Å². The van der Waals surface area contributed by atoms with Crippen LogP contribution in [0.1, 0.15) is 41.4 Å². The molecule has 0 saturated carbocycles. The Morgan fingerprint density at radius 3 is 2.57 bits per heavy atom. The normalized spacial score (nSPS) is 10.7. The number of aromatic amines is 1. The Bertz CT molecular complexity index is 1060. The van der Waals surface area contributed by atoms with Crippen molar-refractivity contribution in [3.63, 3.8) is 0 Å². The average Bonchev–Trinajstić information content (AvgIpc) is 3.17. The number of carbonyl (C=O) groups is 2. The molecule has 1 heterocycles. The third kappa shape index (κ3) is 5.13. The van der Waals surface area contributed by atoms with Gasteiger partial charge in [-0.3, -0.25) is 9.89 Å². The number of H-pyrrole nitrogens is 1. The van der Waals surface area contributed by atoms with E-state index in [-0.39, 0.29) is 17.4 Å². The van der Waals surface area contributed by atoms with Crippen LogP contribution in [0.3, 0.4) is 0 Å². The Hall–Kier alpha value is -3.88. The zero-order valence-electron chi connectivity index (χ0n) is 16.6. The van der Waals surface area contributed by atoms with Crippen molar-refractivity contribution >= 4 is 29.0 Å². The summed E-state index contributed by atoms with van der Waals surface area (Å²) in [6.45, 7) is 4.17. The first-order valence-electron chi connectivity index (χ1n) is 9.37. The van der Waals surface area contributed by atoms with Gasteiger partial charge in [0.25, 0.3) is 5.91 Å². The lowest BCUT2D eigenvalue weighted by Crippen LogP contribution is -2.19. The number of primary amides is 1. The van der Waals surface area contributed by atoms with E-state index in [4.69, 9.17) is 5.73 Å². The summed E-state index contributed by atoms with van der Waals surface area (Å²) in [7, 11) is 0. The minimum atomic E-state index is -0.632. The van der Waals surface area contributed by atoms with Gasteiger partial charge in [0.05, 0.1) is 5.69 Å². The Morgan fingerprint density at radius 2 is 1.87 bits per heavy atom. The minimum Gasteiger partial charge on any atom is -0.378 e. The molecule has 0 aliphatic rings. The lowest BCUT2D eigenvalue weighted by Gasteiger charge is -2.12. The first-order valence-corrected chi connectivity index (χ1v) is 9.37. The number of carbonyl (C=O) groups excluding carboxylic acids is 2. The second kappa shape index (κ2) is 9.08. The SMILES string of the molecule is CC(C)c1cc(NC(=O)Nc2cccc(CNc3c[nH]nc3C(N)=O)c2)ccc1F. The molecule has 0 radical (unpaired) electrons. The van der Waals surface area contributed by atoms with E-state index in [9.17, 15) is 14.0 Å². The predicted molar refractivity (Wildman–Crippen MR) is 114 cm³/mol. The summed E-state index contributed by atoms with van der Waals surface area (Å²) in [5.41, 5.74) is 8.39. The summed E-state index contributed by atoms with van der Waals surface area (Å²) >= 11 is 0. The molecule has 0 aliphatic carbocycles. The molecule has 0 saturated heterocycles. The molecule has 0 unspecified atom stereocenters. The van der Waals surface area contributed by atoms with Crippen LogP contribution in [-0.2, 0) is 6.54 Å². The van der Waals surface area contributed by atoms with Crippen LogP contribution in [0.2, 0.25) is 0 Å². The van der Waals surface area contributed by atoms with Crippen molar-refractivity contribution in [2.45, 2.75) is 26.3 Å². The molecule has 9 heteroatoms. The molecule has 3 aromatic rings. The smallest absolute Gasteiger partial charge is 0.323 e. The van der Waals surface area contributed by atoms with Gasteiger partial charge in [-0.25, -0.2) is 9.18 Å². The highest BCUT2D eigenvalue weighted by Crippen LogP contribution is 2.22. The highest BCUT2D eigenvalue weighted by atomic mass is 19.1. The van der Waals surface area contributed by atoms with Crippen molar-refractivity contribution in [3.05, 3.63) is 71.3 Å². The largest absolute Gasteiger partial charge is 0.378 e. The predicted octanol–water partition coefficient (Wildman–Crippen LogP) is 4.03. The molecule has 0 aliphatic heterocycles. The monoisotopic (exact) mass is 410 g/mol. The molecule has 1 aromatic heterocycles. The molecular formula is C21H23FN6O2. The van der Waals surface area contributed by atoms with Gasteiger partial charge in [-0.2, -0.15) is 5.10 Å². The van der Waals surface area contributed by atoms with Crippen molar-refractivity contribution in [1.82, 2.24) is 10.2 Å². The summed E-state index contributed by atoms with van der Waals surface area (Å²) in [6, 6.07) is 11.3. The van der Waals surface area contributed by atoms with E-state index in [1.54, 1.807) is 30.5 Å². The van der Waals surface area contributed by atoms with E-state index < -0.39 is 11.9 Å². The van der Waals surface area contributed by atoms with Gasteiger partial charge in [-0.15, -0.1) is 0 Å². The highest BCUT2D eigenvalue weighted by molar-refractivity contribution is 6.00. The van der Waals surface area contributed by atoms with Gasteiger partial charge in [0, 0.05) is 24.1 Å². The molecule has 0 fully saturated rings. The topological polar surface area (TPSA) is 125 Å². The van der Waals surface area contributed by atoms with E-state index >= 15 is 0 Å². The average molecular weight is 410 g/mol. The molecule has 2 aromatic carbocycles. The standard InChI is InChI=1S/C21H23FN6O2/c1-12(2)16-9-15(6-7-17(16)22)27-21(30)26-14-5-3-4-13(8-14)10-24-18-11-25-28-19(18)20(23)29/h3-9,11-12,24H,10H2,1-2H3,(H2,23,29)(H,25,28)(H2,26,27,30). The summed E-state index contributed by atoms with van der Waals surface area (Å²) in [4.78, 5) is 23.6. The quantitative estimate of drug-likeness (QED) is 0.403. The third-order valence-corrected chi connectivity index (χ3v) is 4.42. The zero-order chi connectivity index (χ0) is 21.7. The van der Waals surface area contributed by atoms with Crippen molar-refractivity contribution in [2.24, 2.45) is 5.73 Å². The van der Waals surface area contributed by atoms with Crippen LogP contribution in [-0.4, -0.2) is 22.1 Å².